The van der Waals surface area contributed by atoms with E-state index >= 15 is 0 Å². The number of aliphatic carboxylic acids is 1. The second-order valence-electron chi connectivity index (χ2n) is 3.72. The number of nitrogens with two attached hydrogens (primary N) is 1. The van der Waals surface area contributed by atoms with Crippen LogP contribution in [0.15, 0.2) is 18.2 Å². The Hall–Kier alpha value is -1.62. The van der Waals surface area contributed by atoms with Gasteiger partial charge in [0.15, 0.2) is 0 Å². The molecule has 0 fully saturated rings. The van der Waals surface area contributed by atoms with E-state index in [2.05, 4.69) is 0 Å². The summed E-state index contributed by atoms with van der Waals surface area (Å²) in [5, 5.41) is 9.00. The molecule has 0 aliphatic rings. The van der Waals surface area contributed by atoms with Gasteiger partial charge in [-0.15, -0.1) is 0 Å². The van der Waals surface area contributed by atoms with Gasteiger partial charge in [0, 0.05) is 26.3 Å². The maximum Gasteiger partial charge on any atom is 0.312 e. The van der Waals surface area contributed by atoms with Crippen molar-refractivity contribution in [1.82, 2.24) is 0 Å². The smallest absolute Gasteiger partial charge is 0.312 e. The maximum atomic E-state index is 13.1. The molecule has 1 atom stereocenters. The monoisotopic (exact) mass is 226 g/mol. The Morgan fingerprint density at radius 1 is 1.56 bits per heavy atom. The van der Waals surface area contributed by atoms with Crippen LogP contribution in [0.3, 0.4) is 0 Å². The molecule has 0 radical (unpaired) electrons. The van der Waals surface area contributed by atoms with Crippen molar-refractivity contribution in [2.24, 2.45) is 5.73 Å². The zero-order valence-corrected chi connectivity index (χ0v) is 9.27. The Morgan fingerprint density at radius 3 is 2.62 bits per heavy atom. The van der Waals surface area contributed by atoms with Gasteiger partial charge in [-0.25, -0.2) is 4.39 Å². The molecule has 16 heavy (non-hydrogen) atoms. The molecule has 3 N–H and O–H groups in total. The topological polar surface area (TPSA) is 66.6 Å². The number of anilines is 1. The van der Waals surface area contributed by atoms with Crippen molar-refractivity contribution in [3.05, 3.63) is 29.6 Å². The van der Waals surface area contributed by atoms with E-state index in [-0.39, 0.29) is 6.54 Å². The summed E-state index contributed by atoms with van der Waals surface area (Å²) < 4.78 is 13.1. The summed E-state index contributed by atoms with van der Waals surface area (Å²) in [7, 11) is 3.54. The third-order valence-corrected chi connectivity index (χ3v) is 2.38. The number of benzene rings is 1. The molecule has 0 spiro atoms. The minimum Gasteiger partial charge on any atom is -0.481 e. The van der Waals surface area contributed by atoms with Crippen LogP contribution in [0.4, 0.5) is 10.1 Å². The number of hydrogen-bond donors (Lipinski definition) is 2. The van der Waals surface area contributed by atoms with Crippen LogP contribution in [0, 0.1) is 5.82 Å². The summed E-state index contributed by atoms with van der Waals surface area (Å²) >= 11 is 0. The molecule has 1 rings (SSSR count). The van der Waals surface area contributed by atoms with E-state index in [4.69, 9.17) is 10.8 Å². The van der Waals surface area contributed by atoms with Crippen molar-refractivity contribution in [1.29, 1.82) is 0 Å². The van der Waals surface area contributed by atoms with E-state index in [0.717, 1.165) is 0 Å². The largest absolute Gasteiger partial charge is 0.481 e. The van der Waals surface area contributed by atoms with Crippen LogP contribution in [-0.2, 0) is 4.79 Å². The van der Waals surface area contributed by atoms with E-state index in [1.165, 1.54) is 12.1 Å². The Kier molecular flexibility index (Phi) is 3.84. The molecule has 0 saturated carbocycles. The van der Waals surface area contributed by atoms with E-state index < -0.39 is 17.7 Å². The van der Waals surface area contributed by atoms with Gasteiger partial charge in [0.2, 0.25) is 0 Å². The van der Waals surface area contributed by atoms with Gasteiger partial charge in [-0.1, -0.05) is 0 Å². The quantitative estimate of drug-likeness (QED) is 0.804. The molecule has 1 aromatic carbocycles. The molecule has 0 saturated heterocycles. The number of carbonyl (C=O) groups is 1. The van der Waals surface area contributed by atoms with Crippen molar-refractivity contribution in [2.45, 2.75) is 5.92 Å². The van der Waals surface area contributed by atoms with E-state index in [0.29, 0.717) is 11.3 Å². The van der Waals surface area contributed by atoms with Crippen LogP contribution in [0.25, 0.3) is 0 Å². The van der Waals surface area contributed by atoms with Crippen molar-refractivity contribution in [3.8, 4) is 0 Å². The predicted molar refractivity (Wildman–Crippen MR) is 60.2 cm³/mol. The number of hydrogen-bond acceptors (Lipinski definition) is 3. The average molecular weight is 226 g/mol. The van der Waals surface area contributed by atoms with Gasteiger partial charge in [0.25, 0.3) is 0 Å². The summed E-state index contributed by atoms with van der Waals surface area (Å²) in [6.45, 7) is -0.0559. The lowest BCUT2D eigenvalue weighted by molar-refractivity contribution is -0.138. The molecule has 88 valence electrons. The molecule has 0 aromatic heterocycles. The number of carboxylic acids is 1. The SMILES string of the molecule is CN(C)c1ccc(F)cc1C(CN)C(=O)O. The Morgan fingerprint density at radius 2 is 2.19 bits per heavy atom. The van der Waals surface area contributed by atoms with Crippen molar-refractivity contribution in [3.63, 3.8) is 0 Å². The number of nitrogens with zero attached hydrogens (tertiary/aromatic N) is 1. The molecule has 0 aliphatic heterocycles. The predicted octanol–water partition coefficient (Wildman–Crippen LogP) is 1.02. The van der Waals surface area contributed by atoms with Gasteiger partial charge in [0.05, 0.1) is 5.92 Å². The lowest BCUT2D eigenvalue weighted by Gasteiger charge is -2.20. The number of rotatable bonds is 4. The minimum atomic E-state index is -1.05. The molecule has 0 heterocycles. The summed E-state index contributed by atoms with van der Waals surface area (Å²) in [4.78, 5) is 12.7. The molecule has 1 aromatic rings. The lowest BCUT2D eigenvalue weighted by Crippen LogP contribution is -2.24. The first kappa shape index (κ1) is 12.4. The normalized spacial score (nSPS) is 12.2. The van der Waals surface area contributed by atoms with E-state index in [1.54, 1.807) is 25.1 Å². The lowest BCUT2D eigenvalue weighted by atomic mass is 9.97. The van der Waals surface area contributed by atoms with E-state index in [9.17, 15) is 9.18 Å². The first-order chi connectivity index (χ1) is 7.47. The molecule has 5 heteroatoms. The van der Waals surface area contributed by atoms with Crippen LogP contribution >= 0.6 is 0 Å². The molecule has 0 amide bonds. The van der Waals surface area contributed by atoms with Gasteiger partial charge >= 0.3 is 5.97 Å². The van der Waals surface area contributed by atoms with Gasteiger partial charge < -0.3 is 15.7 Å². The van der Waals surface area contributed by atoms with Crippen LogP contribution in [0.2, 0.25) is 0 Å². The first-order valence-electron chi connectivity index (χ1n) is 4.87. The molecule has 1 unspecified atom stereocenters. The van der Waals surface area contributed by atoms with Gasteiger partial charge in [0.1, 0.15) is 5.82 Å². The Balaban J connectivity index is 3.27. The summed E-state index contributed by atoms with van der Waals surface area (Å²) in [6.07, 6.45) is 0. The first-order valence-corrected chi connectivity index (χ1v) is 4.87. The summed E-state index contributed by atoms with van der Waals surface area (Å²) in [6, 6.07) is 4.07. The van der Waals surface area contributed by atoms with Gasteiger partial charge in [-0.2, -0.15) is 0 Å². The zero-order valence-electron chi connectivity index (χ0n) is 9.27. The summed E-state index contributed by atoms with van der Waals surface area (Å²) in [5.41, 5.74) is 6.47. The molecule has 0 bridgehead atoms. The highest BCUT2D eigenvalue weighted by atomic mass is 19.1. The minimum absolute atomic E-state index is 0.0559. The average Bonchev–Trinajstić information content (AvgIpc) is 2.17. The van der Waals surface area contributed by atoms with Gasteiger partial charge in [-0.05, 0) is 23.8 Å². The third kappa shape index (κ3) is 2.49. The van der Waals surface area contributed by atoms with Crippen LogP contribution in [0.5, 0.6) is 0 Å². The van der Waals surface area contributed by atoms with Crippen LogP contribution in [0.1, 0.15) is 11.5 Å². The third-order valence-electron chi connectivity index (χ3n) is 2.38. The fourth-order valence-corrected chi connectivity index (χ4v) is 1.57. The van der Waals surface area contributed by atoms with Crippen LogP contribution < -0.4 is 10.6 Å². The van der Waals surface area contributed by atoms with Crippen molar-refractivity contribution in [2.75, 3.05) is 25.5 Å². The second-order valence-corrected chi connectivity index (χ2v) is 3.72. The Bertz CT molecular complexity index is 394. The highest BCUT2D eigenvalue weighted by molar-refractivity contribution is 5.79. The number of carboxylic acid groups (broad SMARTS) is 1. The van der Waals surface area contributed by atoms with Crippen molar-refractivity contribution >= 4 is 11.7 Å². The van der Waals surface area contributed by atoms with Crippen molar-refractivity contribution < 1.29 is 14.3 Å². The fraction of sp³-hybridized carbons (Fsp3) is 0.364. The second kappa shape index (κ2) is 4.94. The van der Waals surface area contributed by atoms with Gasteiger partial charge in [-0.3, -0.25) is 4.79 Å². The highest BCUT2D eigenvalue weighted by Crippen LogP contribution is 2.27. The number of halogens is 1. The van der Waals surface area contributed by atoms with E-state index in [1.807, 2.05) is 0 Å². The molecular weight excluding hydrogens is 211 g/mol. The zero-order chi connectivity index (χ0) is 12.3. The fourth-order valence-electron chi connectivity index (χ4n) is 1.57. The highest BCUT2D eigenvalue weighted by Gasteiger charge is 2.22. The molecular formula is C11H15FN2O2. The molecule has 4 nitrogen and oxygen atoms in total. The van der Waals surface area contributed by atoms with Crippen LogP contribution in [-0.4, -0.2) is 31.7 Å². The Labute approximate surface area is 93.5 Å². The standard InChI is InChI=1S/C11H15FN2O2/c1-14(2)10-4-3-7(12)5-8(10)9(6-13)11(15)16/h3-5,9H,6,13H2,1-2H3,(H,15,16). The summed E-state index contributed by atoms with van der Waals surface area (Å²) in [5.74, 6) is -2.38. The maximum absolute atomic E-state index is 13.1. The molecule has 0 aliphatic carbocycles.